The van der Waals surface area contributed by atoms with Crippen molar-refractivity contribution in [2.75, 3.05) is 26.8 Å². The van der Waals surface area contributed by atoms with E-state index in [-0.39, 0.29) is 50.0 Å². The maximum Gasteiger partial charge on any atom is 0.254 e. The van der Waals surface area contributed by atoms with E-state index in [0.29, 0.717) is 27.7 Å². The molecule has 0 aliphatic carbocycles. The first-order valence-electron chi connectivity index (χ1n) is 11.8. The lowest BCUT2D eigenvalue weighted by atomic mass is 10.1. The molecular formula is C29H27FN2O5. The molecule has 0 saturated heterocycles. The van der Waals surface area contributed by atoms with Crippen molar-refractivity contribution >= 4 is 22.8 Å². The highest BCUT2D eigenvalue weighted by Crippen LogP contribution is 2.15. The molecule has 0 aliphatic heterocycles. The van der Waals surface area contributed by atoms with Gasteiger partial charge in [0.05, 0.1) is 30.4 Å². The standard InChI is InChI=1S/C29H27FN2O5/c1-36-16-15-31(29(35)22-7-3-2-4-8-22)19-27(33)32(17-21-11-13-24(30)14-12-21)18-23-20-37-26-10-6-5-9-25(26)28(23)34/h2-14,20H,15-19H2,1H3. The number of fused-ring (bicyclic) bond motifs is 1. The molecule has 7 nitrogen and oxygen atoms in total. The third-order valence-electron chi connectivity index (χ3n) is 5.95. The van der Waals surface area contributed by atoms with E-state index in [1.807, 2.05) is 0 Å². The zero-order valence-corrected chi connectivity index (χ0v) is 20.4. The molecule has 0 saturated carbocycles. The molecule has 8 heteroatoms. The lowest BCUT2D eigenvalue weighted by Gasteiger charge is -2.28. The Morgan fingerprint density at radius 1 is 0.892 bits per heavy atom. The van der Waals surface area contributed by atoms with Gasteiger partial charge < -0.3 is 19.0 Å². The highest BCUT2D eigenvalue weighted by atomic mass is 19.1. The van der Waals surface area contributed by atoms with Gasteiger partial charge in [-0.25, -0.2) is 4.39 Å². The Morgan fingerprint density at radius 2 is 1.59 bits per heavy atom. The van der Waals surface area contributed by atoms with Crippen molar-refractivity contribution < 1.29 is 23.1 Å². The number of amides is 2. The second kappa shape index (κ2) is 12.1. The van der Waals surface area contributed by atoms with Gasteiger partial charge in [0.1, 0.15) is 17.9 Å². The molecule has 1 heterocycles. The second-order valence-electron chi connectivity index (χ2n) is 8.55. The fraction of sp³-hybridized carbons (Fsp3) is 0.207. The molecule has 37 heavy (non-hydrogen) atoms. The Morgan fingerprint density at radius 3 is 2.32 bits per heavy atom. The van der Waals surface area contributed by atoms with Gasteiger partial charge in [-0.15, -0.1) is 0 Å². The zero-order chi connectivity index (χ0) is 26.2. The molecule has 0 radical (unpaired) electrons. The van der Waals surface area contributed by atoms with Crippen molar-refractivity contribution in [3.05, 3.63) is 118 Å². The van der Waals surface area contributed by atoms with Gasteiger partial charge in [-0.2, -0.15) is 0 Å². The van der Waals surface area contributed by atoms with Crippen LogP contribution in [0.25, 0.3) is 11.0 Å². The van der Waals surface area contributed by atoms with E-state index in [1.165, 1.54) is 35.3 Å². The van der Waals surface area contributed by atoms with E-state index in [1.54, 1.807) is 66.7 Å². The van der Waals surface area contributed by atoms with E-state index in [2.05, 4.69) is 0 Å². The fourth-order valence-electron chi connectivity index (χ4n) is 3.96. The zero-order valence-electron chi connectivity index (χ0n) is 20.4. The van der Waals surface area contributed by atoms with Crippen molar-refractivity contribution in [3.63, 3.8) is 0 Å². The maximum atomic E-state index is 13.6. The summed E-state index contributed by atoms with van der Waals surface area (Å²) in [5.41, 5.74) is 1.64. The monoisotopic (exact) mass is 502 g/mol. The first-order chi connectivity index (χ1) is 18.0. The highest BCUT2D eigenvalue weighted by Gasteiger charge is 2.24. The lowest BCUT2D eigenvalue weighted by Crippen LogP contribution is -2.44. The number of hydrogen-bond acceptors (Lipinski definition) is 5. The number of rotatable bonds is 10. The normalized spacial score (nSPS) is 10.9. The first kappa shape index (κ1) is 25.8. The van der Waals surface area contributed by atoms with E-state index >= 15 is 0 Å². The van der Waals surface area contributed by atoms with Crippen LogP contribution < -0.4 is 5.43 Å². The SMILES string of the molecule is COCCN(CC(=O)N(Cc1ccc(F)cc1)Cc1coc2ccccc2c1=O)C(=O)c1ccccc1. The molecule has 4 aromatic rings. The number of ether oxygens (including phenoxy) is 1. The number of halogens is 1. The van der Waals surface area contributed by atoms with Crippen molar-refractivity contribution in [2.24, 2.45) is 0 Å². The summed E-state index contributed by atoms with van der Waals surface area (Å²) in [6.45, 7) is 0.303. The van der Waals surface area contributed by atoms with Crippen molar-refractivity contribution in [1.29, 1.82) is 0 Å². The van der Waals surface area contributed by atoms with E-state index < -0.39 is 5.82 Å². The molecule has 4 rings (SSSR count). The molecule has 0 spiro atoms. The second-order valence-corrected chi connectivity index (χ2v) is 8.55. The van der Waals surface area contributed by atoms with Crippen molar-refractivity contribution in [3.8, 4) is 0 Å². The van der Waals surface area contributed by atoms with Crippen LogP contribution in [0.15, 0.2) is 94.3 Å². The van der Waals surface area contributed by atoms with Gasteiger partial charge in [0.25, 0.3) is 5.91 Å². The van der Waals surface area contributed by atoms with Crippen LogP contribution >= 0.6 is 0 Å². The molecule has 190 valence electrons. The molecule has 0 N–H and O–H groups in total. The Kier molecular flexibility index (Phi) is 8.43. The van der Waals surface area contributed by atoms with Crippen molar-refractivity contribution in [2.45, 2.75) is 13.1 Å². The number of methoxy groups -OCH3 is 1. The van der Waals surface area contributed by atoms with Gasteiger partial charge in [0, 0.05) is 25.8 Å². The fourth-order valence-corrected chi connectivity index (χ4v) is 3.96. The largest absolute Gasteiger partial charge is 0.464 e. The minimum absolute atomic E-state index is 0.0407. The van der Waals surface area contributed by atoms with Crippen LogP contribution in [0.3, 0.4) is 0 Å². The summed E-state index contributed by atoms with van der Waals surface area (Å²) < 4.78 is 24.3. The highest BCUT2D eigenvalue weighted by molar-refractivity contribution is 5.96. The van der Waals surface area contributed by atoms with Gasteiger partial charge in [-0.3, -0.25) is 14.4 Å². The Hall–Kier alpha value is -4.30. The number of carbonyl (C=O) groups excluding carboxylic acids is 2. The topological polar surface area (TPSA) is 80.1 Å². The average molecular weight is 503 g/mol. The summed E-state index contributed by atoms with van der Waals surface area (Å²) in [7, 11) is 1.52. The van der Waals surface area contributed by atoms with Gasteiger partial charge >= 0.3 is 0 Å². The van der Waals surface area contributed by atoms with Crippen LogP contribution in [0.2, 0.25) is 0 Å². The number of para-hydroxylation sites is 1. The Balaban J connectivity index is 1.62. The molecule has 0 unspecified atom stereocenters. The summed E-state index contributed by atoms with van der Waals surface area (Å²) in [5, 5.41) is 0.412. The molecule has 0 bridgehead atoms. The molecule has 3 aromatic carbocycles. The Bertz CT molecular complexity index is 1420. The first-order valence-corrected chi connectivity index (χ1v) is 11.8. The third kappa shape index (κ3) is 6.48. The number of hydrogen-bond donors (Lipinski definition) is 0. The minimum atomic E-state index is -0.393. The summed E-state index contributed by atoms with van der Waals surface area (Å²) in [5.74, 6) is -1.08. The number of nitrogens with zero attached hydrogens (tertiary/aromatic N) is 2. The van der Waals surface area contributed by atoms with Gasteiger partial charge in [0.15, 0.2) is 5.43 Å². The maximum absolute atomic E-state index is 13.6. The summed E-state index contributed by atoms with van der Waals surface area (Å²) in [6.07, 6.45) is 1.35. The average Bonchev–Trinajstić information content (AvgIpc) is 2.93. The van der Waals surface area contributed by atoms with Crippen LogP contribution in [-0.4, -0.2) is 48.4 Å². The quantitative estimate of drug-likeness (QED) is 0.324. The van der Waals surface area contributed by atoms with Crippen LogP contribution in [-0.2, 0) is 22.6 Å². The predicted octanol–water partition coefficient (Wildman–Crippen LogP) is 4.25. The molecule has 2 amide bonds. The smallest absolute Gasteiger partial charge is 0.254 e. The van der Waals surface area contributed by atoms with Crippen LogP contribution in [0, 0.1) is 5.82 Å². The summed E-state index contributed by atoms with van der Waals surface area (Å²) in [6, 6.07) is 21.3. The minimum Gasteiger partial charge on any atom is -0.464 e. The molecule has 0 aliphatic rings. The van der Waals surface area contributed by atoms with E-state index in [0.717, 1.165) is 0 Å². The van der Waals surface area contributed by atoms with Gasteiger partial charge in [-0.1, -0.05) is 42.5 Å². The van der Waals surface area contributed by atoms with E-state index in [4.69, 9.17) is 9.15 Å². The molecular weight excluding hydrogens is 475 g/mol. The molecule has 1 aromatic heterocycles. The summed E-state index contributed by atoms with van der Waals surface area (Å²) >= 11 is 0. The van der Waals surface area contributed by atoms with Crippen LogP contribution in [0.4, 0.5) is 4.39 Å². The third-order valence-corrected chi connectivity index (χ3v) is 5.95. The predicted molar refractivity (Wildman–Crippen MR) is 137 cm³/mol. The van der Waals surface area contributed by atoms with Crippen LogP contribution in [0.5, 0.6) is 0 Å². The van der Waals surface area contributed by atoms with Crippen molar-refractivity contribution in [1.82, 2.24) is 9.80 Å². The molecule has 0 fully saturated rings. The van der Waals surface area contributed by atoms with Gasteiger partial charge in [-0.05, 0) is 42.0 Å². The molecule has 0 atom stereocenters. The number of carbonyl (C=O) groups is 2. The van der Waals surface area contributed by atoms with E-state index in [9.17, 15) is 18.8 Å². The number of benzene rings is 3. The van der Waals surface area contributed by atoms with Gasteiger partial charge in [0.2, 0.25) is 5.91 Å². The lowest BCUT2D eigenvalue weighted by molar-refractivity contribution is -0.133. The summed E-state index contributed by atoms with van der Waals surface area (Å²) in [4.78, 5) is 42.7. The van der Waals surface area contributed by atoms with Crippen LogP contribution in [0.1, 0.15) is 21.5 Å². The Labute approximate surface area is 213 Å².